The van der Waals surface area contributed by atoms with Gasteiger partial charge >= 0.3 is 12.0 Å². The van der Waals surface area contributed by atoms with Crippen molar-refractivity contribution in [1.82, 2.24) is 10.2 Å². The summed E-state index contributed by atoms with van der Waals surface area (Å²) in [6.07, 6.45) is 6.50. The molecule has 5 nitrogen and oxygen atoms in total. The van der Waals surface area contributed by atoms with Crippen LogP contribution < -0.4 is 5.32 Å². The minimum absolute atomic E-state index is 0.0936. The number of aliphatic carboxylic acids is 1. The van der Waals surface area contributed by atoms with Crippen LogP contribution in [0.15, 0.2) is 0 Å². The van der Waals surface area contributed by atoms with Crippen LogP contribution in [0.2, 0.25) is 0 Å². The quantitative estimate of drug-likeness (QED) is 0.835. The van der Waals surface area contributed by atoms with Gasteiger partial charge in [-0.25, -0.2) is 4.79 Å². The summed E-state index contributed by atoms with van der Waals surface area (Å²) >= 11 is 0. The first-order chi connectivity index (χ1) is 9.53. The summed E-state index contributed by atoms with van der Waals surface area (Å²) in [6, 6.07) is -0.0936. The van der Waals surface area contributed by atoms with Gasteiger partial charge < -0.3 is 15.3 Å². The zero-order valence-electron chi connectivity index (χ0n) is 12.4. The van der Waals surface area contributed by atoms with Gasteiger partial charge in [0.15, 0.2) is 0 Å². The van der Waals surface area contributed by atoms with Crippen LogP contribution >= 0.6 is 0 Å². The van der Waals surface area contributed by atoms with Crippen molar-refractivity contribution in [3.05, 3.63) is 0 Å². The molecule has 0 radical (unpaired) electrons. The van der Waals surface area contributed by atoms with Crippen LogP contribution in [0.3, 0.4) is 0 Å². The average Bonchev–Trinajstić information content (AvgIpc) is 2.47. The molecular weight excluding hydrogens is 256 g/mol. The molecule has 2 rings (SSSR count). The fourth-order valence-electron chi connectivity index (χ4n) is 3.23. The highest BCUT2D eigenvalue weighted by atomic mass is 16.4. The summed E-state index contributed by atoms with van der Waals surface area (Å²) in [7, 11) is 0. The number of nitrogens with zero attached hydrogens (tertiary/aromatic N) is 1. The lowest BCUT2D eigenvalue weighted by molar-refractivity contribution is -0.151. The zero-order chi connectivity index (χ0) is 14.6. The Kier molecular flexibility index (Phi) is 4.89. The summed E-state index contributed by atoms with van der Waals surface area (Å²) in [4.78, 5) is 25.5. The maximum Gasteiger partial charge on any atom is 0.317 e. The van der Waals surface area contributed by atoms with Gasteiger partial charge in [-0.15, -0.1) is 0 Å². The Bertz CT molecular complexity index is 356. The SMILES string of the molecule is CC1CCC(CNC(=O)N2CCCCC2)(C(=O)O)CC1. The number of piperidine rings is 1. The first kappa shape index (κ1) is 15.1. The Morgan fingerprint density at radius 1 is 1.20 bits per heavy atom. The predicted molar refractivity (Wildman–Crippen MR) is 76.5 cm³/mol. The van der Waals surface area contributed by atoms with E-state index in [4.69, 9.17) is 0 Å². The Morgan fingerprint density at radius 2 is 1.80 bits per heavy atom. The highest BCUT2D eigenvalue weighted by Gasteiger charge is 2.41. The number of hydrogen-bond acceptors (Lipinski definition) is 2. The van der Waals surface area contributed by atoms with Crippen LogP contribution in [0.25, 0.3) is 0 Å². The van der Waals surface area contributed by atoms with Crippen LogP contribution in [-0.2, 0) is 4.79 Å². The van der Waals surface area contributed by atoms with Crippen LogP contribution in [0.5, 0.6) is 0 Å². The number of amides is 2. The highest BCUT2D eigenvalue weighted by Crippen LogP contribution is 2.38. The maximum absolute atomic E-state index is 12.1. The van der Waals surface area contributed by atoms with Gasteiger partial charge in [-0.05, 0) is 50.9 Å². The molecule has 2 fully saturated rings. The van der Waals surface area contributed by atoms with Gasteiger partial charge in [0.1, 0.15) is 0 Å². The smallest absolute Gasteiger partial charge is 0.317 e. The molecule has 0 aromatic rings. The molecule has 1 saturated carbocycles. The Balaban J connectivity index is 1.89. The summed E-state index contributed by atoms with van der Waals surface area (Å²) in [6.45, 7) is 4.02. The molecule has 1 heterocycles. The predicted octanol–water partition coefficient (Wildman–Crippen LogP) is 2.46. The Labute approximate surface area is 120 Å². The van der Waals surface area contributed by atoms with E-state index in [0.29, 0.717) is 18.8 Å². The van der Waals surface area contributed by atoms with Crippen molar-refractivity contribution in [2.45, 2.75) is 51.9 Å². The normalized spacial score (nSPS) is 30.9. The second-order valence-electron chi connectivity index (χ2n) is 6.47. The van der Waals surface area contributed by atoms with Gasteiger partial charge in [-0.3, -0.25) is 4.79 Å². The second kappa shape index (κ2) is 6.46. The lowest BCUT2D eigenvalue weighted by atomic mass is 9.71. The van der Waals surface area contributed by atoms with Gasteiger partial charge in [0.2, 0.25) is 0 Å². The van der Waals surface area contributed by atoms with Crippen LogP contribution in [0, 0.1) is 11.3 Å². The summed E-state index contributed by atoms with van der Waals surface area (Å²) in [5.41, 5.74) is -0.752. The summed E-state index contributed by atoms with van der Waals surface area (Å²) in [5, 5.41) is 12.4. The lowest BCUT2D eigenvalue weighted by Gasteiger charge is -2.36. The molecule has 1 aliphatic heterocycles. The summed E-state index contributed by atoms with van der Waals surface area (Å²) < 4.78 is 0. The third-order valence-corrected chi connectivity index (χ3v) is 4.91. The molecule has 2 N–H and O–H groups in total. The lowest BCUT2D eigenvalue weighted by Crippen LogP contribution is -2.49. The first-order valence-corrected chi connectivity index (χ1v) is 7.80. The molecule has 0 spiro atoms. The summed E-state index contributed by atoms with van der Waals surface area (Å²) in [5.74, 6) is -0.163. The number of nitrogens with one attached hydrogen (secondary N) is 1. The third kappa shape index (κ3) is 3.44. The standard InChI is InChI=1S/C15H26N2O3/c1-12-5-7-15(8-6-12,13(18)19)11-16-14(20)17-9-3-2-4-10-17/h12H,2-11H2,1H3,(H,16,20)(H,18,19). The first-order valence-electron chi connectivity index (χ1n) is 7.80. The van der Waals surface area contributed by atoms with Crippen molar-refractivity contribution < 1.29 is 14.7 Å². The van der Waals surface area contributed by atoms with Gasteiger partial charge in [0.25, 0.3) is 0 Å². The molecule has 0 unspecified atom stereocenters. The van der Waals surface area contributed by atoms with Crippen molar-refractivity contribution in [1.29, 1.82) is 0 Å². The number of urea groups is 1. The van der Waals surface area contributed by atoms with Gasteiger partial charge in [-0.2, -0.15) is 0 Å². The van der Waals surface area contributed by atoms with Crippen molar-refractivity contribution in [3.63, 3.8) is 0 Å². The highest BCUT2D eigenvalue weighted by molar-refractivity contribution is 5.78. The van der Waals surface area contributed by atoms with Crippen molar-refractivity contribution >= 4 is 12.0 Å². The minimum Gasteiger partial charge on any atom is -0.481 e. The van der Waals surface area contributed by atoms with Gasteiger partial charge in [-0.1, -0.05) is 6.92 Å². The maximum atomic E-state index is 12.1. The molecule has 2 amide bonds. The molecule has 5 heteroatoms. The van der Waals surface area contributed by atoms with E-state index in [-0.39, 0.29) is 12.6 Å². The fourth-order valence-corrected chi connectivity index (χ4v) is 3.23. The molecule has 0 aromatic carbocycles. The number of hydrogen-bond donors (Lipinski definition) is 2. The number of carbonyl (C=O) groups is 2. The monoisotopic (exact) mass is 282 g/mol. The van der Waals surface area contributed by atoms with Crippen molar-refractivity contribution in [2.24, 2.45) is 11.3 Å². The molecular formula is C15H26N2O3. The van der Waals surface area contributed by atoms with E-state index in [1.165, 1.54) is 6.42 Å². The molecule has 2 aliphatic rings. The third-order valence-electron chi connectivity index (χ3n) is 4.91. The topological polar surface area (TPSA) is 69.6 Å². The molecule has 0 bridgehead atoms. The molecule has 0 atom stereocenters. The van der Waals surface area contributed by atoms with E-state index >= 15 is 0 Å². The second-order valence-corrected chi connectivity index (χ2v) is 6.47. The van der Waals surface area contributed by atoms with E-state index in [2.05, 4.69) is 12.2 Å². The van der Waals surface area contributed by atoms with Crippen LogP contribution in [-0.4, -0.2) is 41.6 Å². The minimum atomic E-state index is -0.761. The number of carboxylic acids is 1. The van der Waals surface area contributed by atoms with Gasteiger partial charge in [0, 0.05) is 19.6 Å². The van der Waals surface area contributed by atoms with E-state index in [9.17, 15) is 14.7 Å². The molecule has 1 saturated heterocycles. The number of rotatable bonds is 3. The fraction of sp³-hybridized carbons (Fsp3) is 0.867. The van der Waals surface area contributed by atoms with Crippen molar-refractivity contribution in [3.8, 4) is 0 Å². The molecule has 20 heavy (non-hydrogen) atoms. The average molecular weight is 282 g/mol. The number of carboxylic acid groups (broad SMARTS) is 1. The molecule has 114 valence electrons. The Hall–Kier alpha value is -1.26. The van der Waals surface area contributed by atoms with Crippen LogP contribution in [0.4, 0.5) is 4.79 Å². The largest absolute Gasteiger partial charge is 0.481 e. The molecule has 0 aromatic heterocycles. The van der Waals surface area contributed by atoms with E-state index in [1.807, 2.05) is 4.90 Å². The Morgan fingerprint density at radius 3 is 2.35 bits per heavy atom. The number of likely N-dealkylation sites (tertiary alicyclic amines) is 1. The van der Waals surface area contributed by atoms with E-state index in [0.717, 1.165) is 38.8 Å². The van der Waals surface area contributed by atoms with E-state index in [1.54, 1.807) is 0 Å². The van der Waals surface area contributed by atoms with Crippen LogP contribution in [0.1, 0.15) is 51.9 Å². The molecule has 1 aliphatic carbocycles. The van der Waals surface area contributed by atoms with Crippen molar-refractivity contribution in [2.75, 3.05) is 19.6 Å². The zero-order valence-corrected chi connectivity index (χ0v) is 12.4. The van der Waals surface area contributed by atoms with E-state index < -0.39 is 11.4 Å². The number of carbonyl (C=O) groups excluding carboxylic acids is 1. The van der Waals surface area contributed by atoms with Gasteiger partial charge in [0.05, 0.1) is 5.41 Å².